The Hall–Kier alpha value is -2.12. The number of para-hydroxylation sites is 1. The second-order valence-electron chi connectivity index (χ2n) is 5.03. The average molecular weight is 267 g/mol. The molecular formula is C16H17N3O. The van der Waals surface area contributed by atoms with Crippen molar-refractivity contribution in [3.05, 3.63) is 36.0 Å². The zero-order valence-electron chi connectivity index (χ0n) is 11.4. The Morgan fingerprint density at radius 3 is 2.85 bits per heavy atom. The van der Waals surface area contributed by atoms with E-state index in [1.54, 1.807) is 6.20 Å². The molecule has 1 aliphatic heterocycles. The number of nitriles is 1. The molecule has 1 aromatic heterocycles. The summed E-state index contributed by atoms with van der Waals surface area (Å²) in [5.74, 6) is 0.664. The first-order valence-corrected chi connectivity index (χ1v) is 7.01. The van der Waals surface area contributed by atoms with Gasteiger partial charge in [0.05, 0.1) is 5.52 Å². The molecule has 0 radical (unpaired) electrons. The molecule has 0 atom stereocenters. The molecule has 102 valence electrons. The van der Waals surface area contributed by atoms with Crippen LogP contribution in [-0.2, 0) is 0 Å². The van der Waals surface area contributed by atoms with Crippen molar-refractivity contribution in [3.8, 4) is 11.8 Å². The Bertz CT molecular complexity index is 642. The molecule has 0 bridgehead atoms. The molecule has 1 fully saturated rings. The number of ether oxygens (including phenoxy) is 1. The van der Waals surface area contributed by atoms with Crippen LogP contribution in [0.15, 0.2) is 30.5 Å². The molecule has 4 nitrogen and oxygen atoms in total. The highest BCUT2D eigenvalue weighted by Gasteiger charge is 2.13. The third kappa shape index (κ3) is 2.59. The molecule has 1 aliphatic rings. The van der Waals surface area contributed by atoms with Crippen molar-refractivity contribution < 1.29 is 4.74 Å². The normalized spacial score (nSPS) is 15.3. The van der Waals surface area contributed by atoms with Crippen LogP contribution in [-0.4, -0.2) is 36.1 Å². The molecule has 2 aromatic rings. The molecule has 3 rings (SSSR count). The van der Waals surface area contributed by atoms with Crippen molar-refractivity contribution in [1.82, 2.24) is 9.88 Å². The second kappa shape index (κ2) is 5.89. The van der Waals surface area contributed by atoms with Crippen LogP contribution in [0.1, 0.15) is 18.4 Å². The van der Waals surface area contributed by atoms with Crippen molar-refractivity contribution in [2.75, 3.05) is 26.2 Å². The number of aromatic nitrogens is 1. The topological polar surface area (TPSA) is 49.1 Å². The fourth-order valence-corrected chi connectivity index (χ4v) is 2.63. The first kappa shape index (κ1) is 12.9. The van der Waals surface area contributed by atoms with Gasteiger partial charge in [-0.25, -0.2) is 0 Å². The summed E-state index contributed by atoms with van der Waals surface area (Å²) in [7, 11) is 0. The standard InChI is InChI=1S/C16H17N3O/c17-11-13-12-18-15-6-2-1-5-14(15)16(13)20-10-9-19-7-3-4-8-19/h1-2,5-6,12H,3-4,7-10H2. The lowest BCUT2D eigenvalue weighted by Crippen LogP contribution is -2.25. The number of hydrogen-bond donors (Lipinski definition) is 0. The Labute approximate surface area is 118 Å². The van der Waals surface area contributed by atoms with Gasteiger partial charge in [-0.2, -0.15) is 5.26 Å². The van der Waals surface area contributed by atoms with Gasteiger partial charge < -0.3 is 4.74 Å². The summed E-state index contributed by atoms with van der Waals surface area (Å²) in [4.78, 5) is 6.68. The molecule has 0 spiro atoms. The molecule has 1 aromatic carbocycles. The van der Waals surface area contributed by atoms with Crippen LogP contribution in [0.5, 0.6) is 5.75 Å². The van der Waals surface area contributed by atoms with E-state index in [9.17, 15) is 5.26 Å². The van der Waals surface area contributed by atoms with Gasteiger partial charge in [0.25, 0.3) is 0 Å². The van der Waals surface area contributed by atoms with Gasteiger partial charge >= 0.3 is 0 Å². The first-order chi connectivity index (χ1) is 9.88. The van der Waals surface area contributed by atoms with Gasteiger partial charge in [0.15, 0.2) is 0 Å². The monoisotopic (exact) mass is 267 g/mol. The van der Waals surface area contributed by atoms with E-state index in [0.717, 1.165) is 30.5 Å². The van der Waals surface area contributed by atoms with Crippen LogP contribution < -0.4 is 4.74 Å². The van der Waals surface area contributed by atoms with Gasteiger partial charge in [-0.3, -0.25) is 9.88 Å². The number of fused-ring (bicyclic) bond motifs is 1. The summed E-state index contributed by atoms with van der Waals surface area (Å²) in [6.07, 6.45) is 4.15. The number of likely N-dealkylation sites (tertiary alicyclic amines) is 1. The van der Waals surface area contributed by atoms with Crippen LogP contribution in [0.25, 0.3) is 10.9 Å². The van der Waals surface area contributed by atoms with E-state index >= 15 is 0 Å². The van der Waals surface area contributed by atoms with E-state index in [-0.39, 0.29) is 0 Å². The predicted octanol–water partition coefficient (Wildman–Crippen LogP) is 2.58. The Balaban J connectivity index is 1.79. The van der Waals surface area contributed by atoms with Gasteiger partial charge in [0, 0.05) is 18.1 Å². The van der Waals surface area contributed by atoms with E-state index in [0.29, 0.717) is 17.9 Å². The highest BCUT2D eigenvalue weighted by molar-refractivity contribution is 5.87. The molecule has 4 heteroatoms. The van der Waals surface area contributed by atoms with Crippen molar-refractivity contribution in [2.45, 2.75) is 12.8 Å². The molecule has 0 saturated carbocycles. The van der Waals surface area contributed by atoms with Gasteiger partial charge in [-0.15, -0.1) is 0 Å². The molecule has 1 saturated heterocycles. The van der Waals surface area contributed by atoms with E-state index in [1.165, 1.54) is 12.8 Å². The average Bonchev–Trinajstić information content (AvgIpc) is 3.00. The summed E-state index contributed by atoms with van der Waals surface area (Å²) in [5, 5.41) is 10.1. The summed E-state index contributed by atoms with van der Waals surface area (Å²) in [5.41, 5.74) is 1.37. The van der Waals surface area contributed by atoms with Crippen LogP contribution >= 0.6 is 0 Å². The minimum absolute atomic E-state index is 0.505. The SMILES string of the molecule is N#Cc1cnc2ccccc2c1OCCN1CCCC1. The number of benzene rings is 1. The van der Waals surface area contributed by atoms with Crippen molar-refractivity contribution in [3.63, 3.8) is 0 Å². The summed E-state index contributed by atoms with van der Waals surface area (Å²) in [6, 6.07) is 9.93. The third-order valence-electron chi connectivity index (χ3n) is 3.70. The van der Waals surface area contributed by atoms with E-state index < -0.39 is 0 Å². The van der Waals surface area contributed by atoms with Gasteiger partial charge in [-0.05, 0) is 38.1 Å². The van der Waals surface area contributed by atoms with E-state index in [2.05, 4.69) is 16.0 Å². The number of hydrogen-bond acceptors (Lipinski definition) is 4. The fourth-order valence-electron chi connectivity index (χ4n) is 2.63. The highest BCUT2D eigenvalue weighted by atomic mass is 16.5. The Morgan fingerprint density at radius 2 is 2.05 bits per heavy atom. The first-order valence-electron chi connectivity index (χ1n) is 7.01. The second-order valence-corrected chi connectivity index (χ2v) is 5.03. The summed E-state index contributed by atoms with van der Waals surface area (Å²) >= 11 is 0. The Morgan fingerprint density at radius 1 is 1.25 bits per heavy atom. The van der Waals surface area contributed by atoms with Crippen molar-refractivity contribution in [1.29, 1.82) is 5.26 Å². The lowest BCUT2D eigenvalue weighted by molar-refractivity contribution is 0.239. The van der Waals surface area contributed by atoms with Crippen LogP contribution in [0.4, 0.5) is 0 Å². The minimum atomic E-state index is 0.505. The van der Waals surface area contributed by atoms with Crippen LogP contribution in [0, 0.1) is 11.3 Å². The maximum Gasteiger partial charge on any atom is 0.148 e. The Kier molecular flexibility index (Phi) is 3.80. The molecule has 0 N–H and O–H groups in total. The predicted molar refractivity (Wildman–Crippen MR) is 77.6 cm³/mol. The maximum atomic E-state index is 9.21. The van der Waals surface area contributed by atoms with Gasteiger partial charge in [0.1, 0.15) is 24.0 Å². The van der Waals surface area contributed by atoms with Crippen molar-refractivity contribution in [2.24, 2.45) is 0 Å². The number of pyridine rings is 1. The lowest BCUT2D eigenvalue weighted by atomic mass is 10.1. The van der Waals surface area contributed by atoms with Crippen molar-refractivity contribution >= 4 is 10.9 Å². The number of nitrogens with zero attached hydrogens (tertiary/aromatic N) is 3. The molecule has 20 heavy (non-hydrogen) atoms. The van der Waals surface area contributed by atoms with Crippen LogP contribution in [0.3, 0.4) is 0 Å². The number of rotatable bonds is 4. The molecule has 0 amide bonds. The molecule has 0 unspecified atom stereocenters. The van der Waals surface area contributed by atoms with E-state index in [4.69, 9.17) is 4.74 Å². The molecular weight excluding hydrogens is 250 g/mol. The molecule has 0 aliphatic carbocycles. The maximum absolute atomic E-state index is 9.21. The smallest absolute Gasteiger partial charge is 0.148 e. The zero-order valence-corrected chi connectivity index (χ0v) is 11.4. The summed E-state index contributed by atoms with van der Waals surface area (Å²) < 4.78 is 5.90. The van der Waals surface area contributed by atoms with Gasteiger partial charge in [-0.1, -0.05) is 12.1 Å². The lowest BCUT2D eigenvalue weighted by Gasteiger charge is -2.16. The molecule has 2 heterocycles. The largest absolute Gasteiger partial charge is 0.490 e. The minimum Gasteiger partial charge on any atom is -0.490 e. The third-order valence-corrected chi connectivity index (χ3v) is 3.70. The summed E-state index contributed by atoms with van der Waals surface area (Å²) in [6.45, 7) is 3.85. The highest BCUT2D eigenvalue weighted by Crippen LogP contribution is 2.27. The van der Waals surface area contributed by atoms with Gasteiger partial charge in [0.2, 0.25) is 0 Å². The fraction of sp³-hybridized carbons (Fsp3) is 0.375. The van der Waals surface area contributed by atoms with E-state index in [1.807, 2.05) is 24.3 Å². The zero-order chi connectivity index (χ0) is 13.8. The quantitative estimate of drug-likeness (QED) is 0.854. The van der Waals surface area contributed by atoms with Crippen LogP contribution in [0.2, 0.25) is 0 Å².